The zero-order chi connectivity index (χ0) is 25.4. The second-order valence-electron chi connectivity index (χ2n) is 8.98. The maximum atomic E-state index is 12.8. The van der Waals surface area contributed by atoms with Crippen molar-refractivity contribution in [2.45, 2.75) is 19.8 Å². The molecular formula is C27H27N7O2. The standard InChI is InChI=1S/C27H27N7O2/c1-16(2)26(35)32-19-9-6-17(7-10-19)23-21(22-24(28)30-15-31-25(22)33(23)3)18-8-11-20(29-14-18)27(36)34-12-4-5-13-34/h6-11,14-15H,1,4-5,12-13H2,2-3H3,(H,32,35)(H2,28,30,31). The Kier molecular flexibility index (Phi) is 5.97. The molecule has 3 N–H and O–H groups in total. The predicted octanol–water partition coefficient (Wildman–Crippen LogP) is 4.03. The number of anilines is 2. The molecule has 1 aliphatic heterocycles. The summed E-state index contributed by atoms with van der Waals surface area (Å²) in [5.41, 5.74) is 11.9. The second kappa shape index (κ2) is 9.26. The summed E-state index contributed by atoms with van der Waals surface area (Å²) in [6, 6.07) is 11.2. The lowest BCUT2D eigenvalue weighted by Gasteiger charge is -2.15. The molecular weight excluding hydrogens is 454 g/mol. The van der Waals surface area contributed by atoms with Gasteiger partial charge in [0.2, 0.25) is 0 Å². The largest absolute Gasteiger partial charge is 0.383 e. The summed E-state index contributed by atoms with van der Waals surface area (Å²) in [6.45, 7) is 6.88. The van der Waals surface area contributed by atoms with Crippen molar-refractivity contribution in [3.05, 3.63) is 66.8 Å². The maximum absolute atomic E-state index is 12.8. The number of rotatable bonds is 5. The average molecular weight is 482 g/mol. The Hall–Kier alpha value is -4.53. The lowest BCUT2D eigenvalue weighted by molar-refractivity contribution is -0.112. The van der Waals surface area contributed by atoms with Crippen LogP contribution in [0, 0.1) is 0 Å². The molecule has 2 amide bonds. The highest BCUT2D eigenvalue weighted by Crippen LogP contribution is 2.41. The van der Waals surface area contributed by atoms with Crippen LogP contribution in [0.4, 0.5) is 11.5 Å². The summed E-state index contributed by atoms with van der Waals surface area (Å²) in [7, 11) is 1.92. The van der Waals surface area contributed by atoms with E-state index in [2.05, 4.69) is 26.8 Å². The first-order valence-electron chi connectivity index (χ1n) is 11.8. The van der Waals surface area contributed by atoms with Gasteiger partial charge in [0.1, 0.15) is 23.5 Å². The van der Waals surface area contributed by atoms with Gasteiger partial charge in [-0.2, -0.15) is 0 Å². The molecule has 0 spiro atoms. The van der Waals surface area contributed by atoms with Gasteiger partial charge in [0.15, 0.2) is 0 Å². The number of amides is 2. The number of aryl methyl sites for hydroxylation is 1. The van der Waals surface area contributed by atoms with Crippen LogP contribution < -0.4 is 11.1 Å². The maximum Gasteiger partial charge on any atom is 0.272 e. The molecule has 4 heterocycles. The van der Waals surface area contributed by atoms with Crippen LogP contribution in [0.1, 0.15) is 30.3 Å². The van der Waals surface area contributed by atoms with Crippen molar-refractivity contribution in [3.8, 4) is 22.4 Å². The highest BCUT2D eigenvalue weighted by atomic mass is 16.2. The minimum atomic E-state index is -0.231. The van der Waals surface area contributed by atoms with Crippen LogP contribution in [-0.4, -0.2) is 49.3 Å². The number of nitrogen functional groups attached to an aromatic ring is 1. The van der Waals surface area contributed by atoms with Crippen molar-refractivity contribution >= 4 is 34.4 Å². The van der Waals surface area contributed by atoms with Gasteiger partial charge in [-0.25, -0.2) is 9.97 Å². The van der Waals surface area contributed by atoms with Crippen molar-refractivity contribution in [1.29, 1.82) is 0 Å². The summed E-state index contributed by atoms with van der Waals surface area (Å²) in [6.07, 6.45) is 5.20. The van der Waals surface area contributed by atoms with Crippen LogP contribution in [-0.2, 0) is 11.8 Å². The molecule has 182 valence electrons. The van der Waals surface area contributed by atoms with Crippen LogP contribution in [0.5, 0.6) is 0 Å². The molecule has 0 atom stereocenters. The third-order valence-corrected chi connectivity index (χ3v) is 6.46. The number of aromatic nitrogens is 4. The Balaban J connectivity index is 1.59. The molecule has 36 heavy (non-hydrogen) atoms. The molecule has 5 rings (SSSR count). The van der Waals surface area contributed by atoms with Gasteiger partial charge in [-0.15, -0.1) is 0 Å². The minimum Gasteiger partial charge on any atom is -0.383 e. The number of hydrogen-bond donors (Lipinski definition) is 2. The van der Waals surface area contributed by atoms with E-state index in [0.717, 1.165) is 53.7 Å². The van der Waals surface area contributed by atoms with Crippen LogP contribution in [0.3, 0.4) is 0 Å². The molecule has 0 bridgehead atoms. The highest BCUT2D eigenvalue weighted by Gasteiger charge is 2.24. The number of benzene rings is 1. The fourth-order valence-electron chi connectivity index (χ4n) is 4.59. The Bertz CT molecular complexity index is 1480. The van der Waals surface area contributed by atoms with E-state index in [9.17, 15) is 9.59 Å². The van der Waals surface area contributed by atoms with Gasteiger partial charge in [-0.3, -0.25) is 14.6 Å². The van der Waals surface area contributed by atoms with Crippen LogP contribution in [0.2, 0.25) is 0 Å². The van der Waals surface area contributed by atoms with Gasteiger partial charge < -0.3 is 20.5 Å². The van der Waals surface area contributed by atoms with Crippen LogP contribution >= 0.6 is 0 Å². The van der Waals surface area contributed by atoms with Gasteiger partial charge in [0, 0.05) is 48.7 Å². The molecule has 1 fully saturated rings. The summed E-state index contributed by atoms with van der Waals surface area (Å²) in [4.78, 5) is 39.8. The Morgan fingerprint density at radius 3 is 2.33 bits per heavy atom. The normalized spacial score (nSPS) is 13.2. The zero-order valence-electron chi connectivity index (χ0n) is 20.3. The third-order valence-electron chi connectivity index (χ3n) is 6.46. The minimum absolute atomic E-state index is 0.0487. The number of likely N-dealkylation sites (tertiary alicyclic amines) is 1. The second-order valence-corrected chi connectivity index (χ2v) is 8.98. The van der Waals surface area contributed by atoms with E-state index in [1.165, 1.54) is 6.33 Å². The number of hydrogen-bond acceptors (Lipinski definition) is 6. The van der Waals surface area contributed by atoms with Crippen molar-refractivity contribution in [2.24, 2.45) is 7.05 Å². The number of carbonyl (C=O) groups is 2. The Morgan fingerprint density at radius 1 is 1.00 bits per heavy atom. The number of nitrogens with two attached hydrogens (primary N) is 1. The van der Waals surface area contributed by atoms with Crippen molar-refractivity contribution in [3.63, 3.8) is 0 Å². The SMILES string of the molecule is C=C(C)C(=O)Nc1ccc(-c2c(-c3ccc(C(=O)N4CCCC4)nc3)c3c(N)ncnc3n2C)cc1. The van der Waals surface area contributed by atoms with E-state index in [-0.39, 0.29) is 11.8 Å². The van der Waals surface area contributed by atoms with Crippen molar-refractivity contribution in [1.82, 2.24) is 24.4 Å². The summed E-state index contributed by atoms with van der Waals surface area (Å²) in [5, 5.41) is 3.54. The fraction of sp³-hybridized carbons (Fsp3) is 0.222. The van der Waals surface area contributed by atoms with Gasteiger partial charge >= 0.3 is 0 Å². The molecule has 0 aliphatic carbocycles. The van der Waals surface area contributed by atoms with Gasteiger partial charge in [0.25, 0.3) is 11.8 Å². The summed E-state index contributed by atoms with van der Waals surface area (Å²) in [5.74, 6) is 0.0811. The molecule has 9 nitrogen and oxygen atoms in total. The summed E-state index contributed by atoms with van der Waals surface area (Å²) < 4.78 is 1.97. The molecule has 0 saturated carbocycles. The molecule has 3 aromatic heterocycles. The third kappa shape index (κ3) is 4.08. The quantitative estimate of drug-likeness (QED) is 0.416. The molecule has 1 saturated heterocycles. The predicted molar refractivity (Wildman–Crippen MR) is 140 cm³/mol. The molecule has 1 aromatic carbocycles. The number of fused-ring (bicyclic) bond motifs is 1. The first-order valence-corrected chi connectivity index (χ1v) is 11.8. The molecule has 4 aromatic rings. The van der Waals surface area contributed by atoms with E-state index >= 15 is 0 Å². The van der Waals surface area contributed by atoms with E-state index < -0.39 is 0 Å². The average Bonchev–Trinajstić information content (AvgIpc) is 3.52. The Morgan fingerprint density at radius 2 is 1.69 bits per heavy atom. The lowest BCUT2D eigenvalue weighted by atomic mass is 9.99. The number of nitrogens with zero attached hydrogens (tertiary/aromatic N) is 5. The number of pyridine rings is 1. The smallest absolute Gasteiger partial charge is 0.272 e. The lowest BCUT2D eigenvalue weighted by Crippen LogP contribution is -2.28. The monoisotopic (exact) mass is 481 g/mol. The van der Waals surface area contributed by atoms with E-state index in [1.807, 2.05) is 46.8 Å². The number of nitrogens with one attached hydrogen (secondary N) is 1. The van der Waals surface area contributed by atoms with E-state index in [0.29, 0.717) is 28.4 Å². The topological polar surface area (TPSA) is 119 Å². The first-order chi connectivity index (χ1) is 17.3. The van der Waals surface area contributed by atoms with Gasteiger partial charge in [-0.05, 0) is 43.5 Å². The molecule has 0 unspecified atom stereocenters. The molecule has 0 radical (unpaired) electrons. The van der Waals surface area contributed by atoms with Crippen molar-refractivity contribution in [2.75, 3.05) is 24.1 Å². The van der Waals surface area contributed by atoms with Crippen LogP contribution in [0.15, 0.2) is 61.1 Å². The molecule has 9 heteroatoms. The van der Waals surface area contributed by atoms with Gasteiger partial charge in [-0.1, -0.05) is 24.8 Å². The molecule has 1 aliphatic rings. The van der Waals surface area contributed by atoms with Crippen molar-refractivity contribution < 1.29 is 9.59 Å². The van der Waals surface area contributed by atoms with Gasteiger partial charge in [0.05, 0.1) is 11.1 Å². The van der Waals surface area contributed by atoms with E-state index in [1.54, 1.807) is 19.2 Å². The Labute approximate surface area is 208 Å². The summed E-state index contributed by atoms with van der Waals surface area (Å²) >= 11 is 0. The highest BCUT2D eigenvalue weighted by molar-refractivity contribution is 6.08. The fourth-order valence-corrected chi connectivity index (χ4v) is 4.59. The first kappa shape index (κ1) is 23.2. The zero-order valence-corrected chi connectivity index (χ0v) is 20.3. The number of carbonyl (C=O) groups excluding carboxylic acids is 2. The van der Waals surface area contributed by atoms with Crippen LogP contribution in [0.25, 0.3) is 33.4 Å². The van der Waals surface area contributed by atoms with E-state index in [4.69, 9.17) is 5.73 Å².